The van der Waals surface area contributed by atoms with Gasteiger partial charge in [-0.05, 0) is 228 Å². The lowest BCUT2D eigenvalue weighted by Gasteiger charge is -2.36. The van der Waals surface area contributed by atoms with Crippen molar-refractivity contribution in [2.75, 3.05) is 4.90 Å². The van der Waals surface area contributed by atoms with Crippen molar-refractivity contribution in [3.8, 4) is 112 Å². The summed E-state index contributed by atoms with van der Waals surface area (Å²) in [5, 5.41) is 5.01. The van der Waals surface area contributed by atoms with Gasteiger partial charge in [-0.3, -0.25) is 0 Å². The summed E-state index contributed by atoms with van der Waals surface area (Å²) in [4.78, 5) is 2.56. The van der Waals surface area contributed by atoms with Crippen molar-refractivity contribution in [2.24, 2.45) is 0 Å². The quantitative estimate of drug-likeness (QED) is 0.165. The third kappa shape index (κ3) is 7.54. The lowest BCUT2D eigenvalue weighted by atomic mass is 9.79. The summed E-state index contributed by atoms with van der Waals surface area (Å²) in [6.45, 7) is 19.4. The Hall–Kier alpha value is -10.8. The molecule has 0 atom stereocenters. The topological polar surface area (TPSA) is 12.5 Å². The molecule has 1 aliphatic heterocycles. The van der Waals surface area contributed by atoms with Crippen molar-refractivity contribution in [3.05, 3.63) is 317 Å². The van der Waals surface area contributed by atoms with Crippen molar-refractivity contribution < 1.29 is 4.74 Å². The minimum absolute atomic E-state index is 0.118. The second kappa shape index (κ2) is 19.4. The normalized spacial score (nSPS) is 15.4. The van der Waals surface area contributed by atoms with E-state index in [1.807, 2.05) is 0 Å². The maximum absolute atomic E-state index is 7.39. The smallest absolute Gasteiger partial charge is 0.151 e. The first kappa shape index (κ1) is 54.9. The Morgan fingerprint density at radius 3 is 1.00 bits per heavy atom. The molecule has 4 aliphatic carbocycles. The maximum atomic E-state index is 7.39. The Morgan fingerprint density at radius 1 is 0.223 bits per heavy atom. The van der Waals surface area contributed by atoms with Gasteiger partial charge in [0.1, 0.15) is 0 Å². The van der Waals surface area contributed by atoms with E-state index in [1.54, 1.807) is 0 Å². The standard InChI is InChI=1S/C92H69NO/c1-89(2)74-38-24-22-34-62(74)70-50-78-72(52-76(70)89)86-64-36-20-18-32-60(64)66(48-80(86)91(78,5)6)57-40-42-84-82(46-57)93(88-68(55-28-14-10-15-29-55)44-59(54-26-12-9-13-27-54)45-69(88)56-30-16-11-17-31-56)83-47-58(41-43-85(83)94-84)67-49-81-87(65-37-21-19-33-61(65)67)73-53-77-71(51-79(73)92(81,7)8)63-35-23-25-39-75(63)90(77,3)4/h9-53H,1-8H3. The predicted molar refractivity (Wildman–Crippen MR) is 394 cm³/mol. The van der Waals surface area contributed by atoms with Crippen LogP contribution in [0.3, 0.4) is 0 Å². The fourth-order valence-electron chi connectivity index (χ4n) is 17.8. The average Bonchev–Trinajstić information content (AvgIpc) is 1.49. The highest BCUT2D eigenvalue weighted by Gasteiger charge is 2.45. The van der Waals surface area contributed by atoms with E-state index in [-0.39, 0.29) is 21.7 Å². The molecule has 5 aliphatic rings. The van der Waals surface area contributed by atoms with Crippen LogP contribution in [0.5, 0.6) is 11.5 Å². The van der Waals surface area contributed by atoms with Crippen molar-refractivity contribution in [1.29, 1.82) is 0 Å². The van der Waals surface area contributed by atoms with Crippen LogP contribution in [-0.4, -0.2) is 0 Å². The van der Waals surface area contributed by atoms with E-state index < -0.39 is 0 Å². The SMILES string of the molecule is CC1(C)c2ccccc2-c2cc3c(cc21)-c1c(cc(-c2ccc4c(c2)N(c2c(-c5ccccc5)cc(-c5ccccc5)cc2-c2ccccc2)c2cc(-c5cc6c(c7ccccc57)-c5cc7c(cc5C6(C)C)-c5ccccc5C7(C)C)ccc2O4)c2ccccc12)C3(C)C. The minimum atomic E-state index is -0.280. The van der Waals surface area contributed by atoms with Crippen LogP contribution in [-0.2, 0) is 21.7 Å². The van der Waals surface area contributed by atoms with E-state index in [1.165, 1.54) is 122 Å². The molecule has 94 heavy (non-hydrogen) atoms. The van der Waals surface area contributed by atoms with E-state index in [0.29, 0.717) is 0 Å². The van der Waals surface area contributed by atoms with Gasteiger partial charge in [-0.25, -0.2) is 0 Å². The number of benzene rings is 14. The molecular weight excluding hydrogens is 1140 g/mol. The van der Waals surface area contributed by atoms with Gasteiger partial charge in [0, 0.05) is 32.8 Å². The highest BCUT2D eigenvalue weighted by atomic mass is 16.5. The fourth-order valence-corrected chi connectivity index (χ4v) is 17.8. The first-order chi connectivity index (χ1) is 45.6. The zero-order valence-corrected chi connectivity index (χ0v) is 54.3. The molecule has 0 amide bonds. The molecule has 0 bridgehead atoms. The number of fused-ring (bicyclic) bond motifs is 18. The van der Waals surface area contributed by atoms with Crippen LogP contribution >= 0.6 is 0 Å². The van der Waals surface area contributed by atoms with Gasteiger partial charge in [-0.2, -0.15) is 0 Å². The highest BCUT2D eigenvalue weighted by Crippen LogP contribution is 2.63. The van der Waals surface area contributed by atoms with Gasteiger partial charge >= 0.3 is 0 Å². The largest absolute Gasteiger partial charge is 0.453 e. The van der Waals surface area contributed by atoms with Crippen molar-refractivity contribution >= 4 is 38.6 Å². The summed E-state index contributed by atoms with van der Waals surface area (Å²) in [5.74, 6) is 1.59. The molecule has 0 fully saturated rings. The number of nitrogens with zero attached hydrogens (tertiary/aromatic N) is 1. The minimum Gasteiger partial charge on any atom is -0.453 e. The van der Waals surface area contributed by atoms with E-state index in [9.17, 15) is 0 Å². The van der Waals surface area contributed by atoms with E-state index >= 15 is 0 Å². The summed E-state index contributed by atoms with van der Waals surface area (Å²) in [6.07, 6.45) is 0. The number of ether oxygens (including phenoxy) is 1. The van der Waals surface area contributed by atoms with Crippen LogP contribution in [0, 0.1) is 0 Å². The summed E-state index contributed by atoms with van der Waals surface area (Å²) >= 11 is 0. The van der Waals surface area contributed by atoms with Crippen LogP contribution in [0.2, 0.25) is 0 Å². The molecule has 0 radical (unpaired) electrons. The first-order valence-corrected chi connectivity index (χ1v) is 33.5. The molecule has 0 unspecified atom stereocenters. The summed E-state index contributed by atoms with van der Waals surface area (Å²) < 4.78 is 7.39. The van der Waals surface area contributed by atoms with E-state index in [2.05, 4.69) is 333 Å². The molecule has 448 valence electrons. The molecule has 19 rings (SSSR count). The zero-order valence-electron chi connectivity index (χ0n) is 54.3. The van der Waals surface area contributed by atoms with Gasteiger partial charge in [0.15, 0.2) is 11.5 Å². The molecule has 0 saturated heterocycles. The summed E-state index contributed by atoms with van der Waals surface area (Å²) in [5.41, 5.74) is 35.6. The Bertz CT molecular complexity index is 5300. The van der Waals surface area contributed by atoms with Gasteiger partial charge in [-0.15, -0.1) is 0 Å². The monoisotopic (exact) mass is 1200 g/mol. The van der Waals surface area contributed by atoms with Crippen LogP contribution in [0.4, 0.5) is 17.1 Å². The van der Waals surface area contributed by atoms with Crippen molar-refractivity contribution in [2.45, 2.75) is 77.0 Å². The van der Waals surface area contributed by atoms with Gasteiger partial charge < -0.3 is 9.64 Å². The molecule has 0 N–H and O–H groups in total. The highest BCUT2D eigenvalue weighted by molar-refractivity contribution is 6.13. The first-order valence-electron chi connectivity index (χ1n) is 33.5. The fraction of sp³-hybridized carbons (Fsp3) is 0.130. The average molecular weight is 1200 g/mol. The van der Waals surface area contributed by atoms with Crippen molar-refractivity contribution in [3.63, 3.8) is 0 Å². The second-order valence-corrected chi connectivity index (χ2v) is 29.1. The number of rotatable bonds is 6. The molecule has 0 saturated carbocycles. The Morgan fingerprint density at radius 2 is 0.564 bits per heavy atom. The summed E-state index contributed by atoms with van der Waals surface area (Å²) in [6, 6.07) is 103. The van der Waals surface area contributed by atoms with Crippen LogP contribution in [0.15, 0.2) is 273 Å². The van der Waals surface area contributed by atoms with Gasteiger partial charge in [-0.1, -0.05) is 256 Å². The third-order valence-electron chi connectivity index (χ3n) is 22.6. The molecule has 2 nitrogen and oxygen atoms in total. The van der Waals surface area contributed by atoms with Gasteiger partial charge in [0.2, 0.25) is 0 Å². The molecule has 1 heterocycles. The number of anilines is 3. The molecule has 2 heteroatoms. The summed E-state index contributed by atoms with van der Waals surface area (Å²) in [7, 11) is 0. The predicted octanol–water partition coefficient (Wildman–Crippen LogP) is 25.1. The third-order valence-corrected chi connectivity index (χ3v) is 22.6. The molecule has 14 aromatic rings. The lowest BCUT2D eigenvalue weighted by molar-refractivity contribution is 0.477. The van der Waals surface area contributed by atoms with E-state index in [0.717, 1.165) is 73.1 Å². The van der Waals surface area contributed by atoms with E-state index in [4.69, 9.17) is 4.74 Å². The molecule has 0 spiro atoms. The molecule has 14 aromatic carbocycles. The van der Waals surface area contributed by atoms with Gasteiger partial charge in [0.25, 0.3) is 0 Å². The Labute approximate surface area is 551 Å². The molecular formula is C92H69NO. The zero-order chi connectivity index (χ0) is 63.3. The Kier molecular flexibility index (Phi) is 11.3. The van der Waals surface area contributed by atoms with Crippen LogP contribution in [0.1, 0.15) is 99.9 Å². The van der Waals surface area contributed by atoms with Gasteiger partial charge in [0.05, 0.1) is 17.1 Å². The van der Waals surface area contributed by atoms with Crippen LogP contribution < -0.4 is 9.64 Å². The number of hydrogen-bond donors (Lipinski definition) is 0. The lowest BCUT2D eigenvalue weighted by Crippen LogP contribution is -2.18. The maximum Gasteiger partial charge on any atom is 0.151 e. The Balaban J connectivity index is 0.848. The second-order valence-electron chi connectivity index (χ2n) is 29.1. The van der Waals surface area contributed by atoms with Crippen LogP contribution in [0.25, 0.3) is 122 Å². The molecule has 0 aromatic heterocycles. The van der Waals surface area contributed by atoms with Crippen molar-refractivity contribution in [1.82, 2.24) is 0 Å². The number of hydrogen-bond acceptors (Lipinski definition) is 2.